The highest BCUT2D eigenvalue weighted by molar-refractivity contribution is 14.1. The molecule has 0 aromatic heterocycles. The van der Waals surface area contributed by atoms with Crippen LogP contribution in [0, 0.1) is 27.2 Å². The van der Waals surface area contributed by atoms with Crippen LogP contribution in [0.25, 0.3) is 5.57 Å². The third-order valence-electron chi connectivity index (χ3n) is 11.4. The van der Waals surface area contributed by atoms with E-state index in [1.54, 1.807) is 24.3 Å². The minimum absolute atomic E-state index is 0.0262. The molecule has 0 radical (unpaired) electrons. The van der Waals surface area contributed by atoms with E-state index in [1.165, 1.54) is 37.5 Å². The SMILES string of the molecule is COc1cc([C@H]2C3=CC[C@@H]4C(=O)N(c5ccc(C(=O)O)cc5)C(=O)[C@@H]4[C@@H]3C[C@H]3C(=O)C(c4ccccc4)=CC(=O)[C@@]23c2ccccc2)cc(I)c1O. The molecule has 0 bridgehead atoms. The number of aromatic hydroxyl groups is 1. The van der Waals surface area contributed by atoms with Gasteiger partial charge in [0.15, 0.2) is 23.1 Å². The van der Waals surface area contributed by atoms with Gasteiger partial charge in [-0.15, -0.1) is 0 Å². The predicted octanol–water partition coefficient (Wildman–Crippen LogP) is 6.73. The van der Waals surface area contributed by atoms with Gasteiger partial charge < -0.3 is 14.9 Å². The van der Waals surface area contributed by atoms with Gasteiger partial charge in [0.25, 0.3) is 0 Å². The van der Waals surface area contributed by atoms with Crippen molar-refractivity contribution >= 4 is 63.2 Å². The molecule has 0 spiro atoms. The third kappa shape index (κ3) is 4.91. The number of imide groups is 1. The number of hydrogen-bond acceptors (Lipinski definition) is 7. The number of aromatic carboxylic acids is 1. The van der Waals surface area contributed by atoms with Crippen LogP contribution in [0.2, 0.25) is 0 Å². The Morgan fingerprint density at radius 2 is 1.56 bits per heavy atom. The molecule has 2 N–H and O–H groups in total. The van der Waals surface area contributed by atoms with Crippen molar-refractivity contribution in [1.29, 1.82) is 0 Å². The molecule has 1 heterocycles. The van der Waals surface area contributed by atoms with E-state index < -0.39 is 46.9 Å². The summed E-state index contributed by atoms with van der Waals surface area (Å²) in [6, 6.07) is 27.5. The highest BCUT2D eigenvalue weighted by Gasteiger charge is 2.66. The third-order valence-corrected chi connectivity index (χ3v) is 12.2. The minimum Gasteiger partial charge on any atom is -0.504 e. The van der Waals surface area contributed by atoms with Gasteiger partial charge in [0, 0.05) is 17.4 Å². The first-order chi connectivity index (χ1) is 25.1. The quantitative estimate of drug-likeness (QED) is 0.124. The maximum Gasteiger partial charge on any atom is 0.335 e. The number of phenolic OH excluding ortho intramolecular Hbond substituents is 1. The van der Waals surface area contributed by atoms with Crippen molar-refractivity contribution in [2.24, 2.45) is 23.7 Å². The van der Waals surface area contributed by atoms with E-state index in [2.05, 4.69) is 0 Å². The molecule has 260 valence electrons. The lowest BCUT2D eigenvalue weighted by Gasteiger charge is -2.55. The minimum atomic E-state index is -1.42. The van der Waals surface area contributed by atoms with Crippen LogP contribution >= 0.6 is 22.6 Å². The van der Waals surface area contributed by atoms with E-state index in [1.807, 2.05) is 77.2 Å². The first-order valence-electron chi connectivity index (χ1n) is 17.0. The van der Waals surface area contributed by atoms with Gasteiger partial charge in [0.2, 0.25) is 11.8 Å². The predicted molar refractivity (Wildman–Crippen MR) is 200 cm³/mol. The number of benzene rings is 4. The van der Waals surface area contributed by atoms with Crippen LogP contribution in [0.1, 0.15) is 45.8 Å². The number of fused-ring (bicyclic) bond motifs is 4. The number of methoxy groups -OCH3 is 1. The number of hydrogen-bond donors (Lipinski definition) is 2. The summed E-state index contributed by atoms with van der Waals surface area (Å²) in [7, 11) is 1.45. The zero-order valence-electron chi connectivity index (χ0n) is 27.9. The Hall–Kier alpha value is -5.36. The number of carbonyl (C=O) groups is 5. The van der Waals surface area contributed by atoms with E-state index >= 15 is 9.59 Å². The van der Waals surface area contributed by atoms with Crippen molar-refractivity contribution in [2.45, 2.75) is 24.2 Å². The molecule has 6 atom stereocenters. The van der Waals surface area contributed by atoms with Crippen molar-refractivity contribution in [3.05, 3.63) is 141 Å². The van der Waals surface area contributed by atoms with Gasteiger partial charge in [-0.25, -0.2) is 4.79 Å². The lowest BCUT2D eigenvalue weighted by atomic mass is 9.44. The molecule has 8 rings (SSSR count). The summed E-state index contributed by atoms with van der Waals surface area (Å²) in [6.07, 6.45) is 3.82. The molecule has 4 aliphatic rings. The molecule has 3 aliphatic carbocycles. The Morgan fingerprint density at radius 1 is 0.885 bits per heavy atom. The number of carboxylic acid groups (broad SMARTS) is 1. The van der Waals surface area contributed by atoms with Crippen LogP contribution in [0.4, 0.5) is 5.69 Å². The van der Waals surface area contributed by atoms with Crippen LogP contribution < -0.4 is 9.64 Å². The summed E-state index contributed by atoms with van der Waals surface area (Å²) in [5.41, 5.74) is 1.87. The van der Waals surface area contributed by atoms with E-state index in [4.69, 9.17) is 4.74 Å². The number of halogens is 1. The van der Waals surface area contributed by atoms with Gasteiger partial charge in [-0.2, -0.15) is 0 Å². The Kier molecular flexibility index (Phi) is 8.24. The summed E-state index contributed by atoms with van der Waals surface area (Å²) in [4.78, 5) is 71.6. The number of amides is 2. The lowest BCUT2D eigenvalue weighted by Crippen LogP contribution is -2.58. The van der Waals surface area contributed by atoms with Gasteiger partial charge >= 0.3 is 5.97 Å². The normalized spacial score (nSPS) is 26.6. The van der Waals surface area contributed by atoms with Crippen molar-refractivity contribution < 1.29 is 38.9 Å². The number of phenols is 1. The van der Waals surface area contributed by atoms with Crippen molar-refractivity contribution in [1.82, 2.24) is 0 Å². The zero-order valence-corrected chi connectivity index (χ0v) is 30.0. The fourth-order valence-electron chi connectivity index (χ4n) is 9.17. The standard InChI is InChI=1S/C42H32INO8/c1-52-33-19-24(18-32(43)38(33)47)36-27-16-17-28-35(40(49)44(39(28)48)26-14-12-23(13-15-26)41(50)51)30(27)20-31-37(46)29(22-8-4-2-5-9-22)21-34(45)42(31,36)25-10-6-3-7-11-25/h2-16,18-19,21,28,30-31,35-36,47H,17,20H2,1H3,(H,50,51)/t28-,30+,31-,35-,36-,42-/m0/s1. The van der Waals surface area contributed by atoms with Crippen LogP contribution in [0.15, 0.2) is 115 Å². The van der Waals surface area contributed by atoms with Crippen LogP contribution in [0.3, 0.4) is 0 Å². The Balaban J connectivity index is 1.35. The molecule has 1 aliphatic heterocycles. The van der Waals surface area contributed by atoms with Gasteiger partial charge in [-0.1, -0.05) is 72.3 Å². The number of anilines is 1. The summed E-state index contributed by atoms with van der Waals surface area (Å²) < 4.78 is 6.08. The number of allylic oxidation sites excluding steroid dienone is 4. The maximum atomic E-state index is 15.2. The Morgan fingerprint density at radius 3 is 2.21 bits per heavy atom. The number of ketones is 2. The lowest BCUT2D eigenvalue weighted by molar-refractivity contribution is -0.135. The van der Waals surface area contributed by atoms with Gasteiger partial charge in [-0.05, 0) is 101 Å². The molecule has 4 aromatic rings. The summed E-state index contributed by atoms with van der Waals surface area (Å²) in [5.74, 6) is -6.06. The van der Waals surface area contributed by atoms with Crippen LogP contribution in [0.5, 0.6) is 11.5 Å². The number of rotatable bonds is 6. The molecule has 1 saturated carbocycles. The summed E-state index contributed by atoms with van der Waals surface area (Å²) >= 11 is 2.02. The molecule has 52 heavy (non-hydrogen) atoms. The van der Waals surface area contributed by atoms with E-state index in [0.29, 0.717) is 25.8 Å². The first-order valence-corrected chi connectivity index (χ1v) is 18.0. The number of ether oxygens (including phenoxy) is 1. The molecule has 0 unspecified atom stereocenters. The number of carbonyl (C=O) groups excluding carboxylic acids is 4. The molecule has 2 amide bonds. The van der Waals surface area contributed by atoms with Gasteiger partial charge in [-0.3, -0.25) is 24.1 Å². The second-order valence-electron chi connectivity index (χ2n) is 13.7. The highest BCUT2D eigenvalue weighted by Crippen LogP contribution is 2.64. The molecular formula is C42H32INO8. The van der Waals surface area contributed by atoms with E-state index in [9.17, 15) is 24.6 Å². The second kappa shape index (κ2) is 12.7. The van der Waals surface area contributed by atoms with E-state index in [0.717, 1.165) is 10.5 Å². The van der Waals surface area contributed by atoms with Crippen molar-refractivity contribution in [2.75, 3.05) is 12.0 Å². The van der Waals surface area contributed by atoms with E-state index in [-0.39, 0.29) is 53.1 Å². The Bertz CT molecular complexity index is 2250. The zero-order chi connectivity index (χ0) is 36.5. The fourth-order valence-corrected chi connectivity index (χ4v) is 9.80. The van der Waals surface area contributed by atoms with Crippen molar-refractivity contribution in [3.63, 3.8) is 0 Å². The molecular weight excluding hydrogens is 773 g/mol. The van der Waals surface area contributed by atoms with Gasteiger partial charge in [0.05, 0.1) is 39.2 Å². The fraction of sp³-hybridized carbons (Fsp3) is 0.214. The van der Waals surface area contributed by atoms with Crippen LogP contribution in [-0.4, -0.2) is 46.7 Å². The number of Topliss-reactive ketones (excluding diaryl/α,β-unsaturated/α-hetero) is 1. The average Bonchev–Trinajstić information content (AvgIpc) is 3.42. The largest absolute Gasteiger partial charge is 0.504 e. The highest BCUT2D eigenvalue weighted by atomic mass is 127. The number of nitrogens with zero attached hydrogens (tertiary/aromatic N) is 1. The molecule has 9 nitrogen and oxygen atoms in total. The first kappa shape index (κ1) is 33.8. The summed E-state index contributed by atoms with van der Waals surface area (Å²) in [5, 5.41) is 20.3. The van der Waals surface area contributed by atoms with Gasteiger partial charge in [0.1, 0.15) is 0 Å². The molecule has 1 saturated heterocycles. The maximum absolute atomic E-state index is 15.2. The average molecular weight is 806 g/mol. The van der Waals surface area contributed by atoms with Crippen molar-refractivity contribution in [3.8, 4) is 11.5 Å². The summed E-state index contributed by atoms with van der Waals surface area (Å²) in [6.45, 7) is 0. The number of carboxylic acids is 1. The second-order valence-corrected chi connectivity index (χ2v) is 14.9. The molecule has 4 aromatic carbocycles. The Labute approximate surface area is 312 Å². The monoisotopic (exact) mass is 805 g/mol. The molecule has 10 heteroatoms. The molecule has 2 fully saturated rings. The topological polar surface area (TPSA) is 138 Å². The van der Waals surface area contributed by atoms with Crippen LogP contribution in [-0.2, 0) is 24.6 Å². The smallest absolute Gasteiger partial charge is 0.335 e.